The number of alkyl halides is 3. The Morgan fingerprint density at radius 3 is 2.39 bits per heavy atom. The fraction of sp³-hybridized carbons (Fsp3) is 0.308. The lowest BCUT2D eigenvalue weighted by molar-refractivity contribution is -0.123. The van der Waals surface area contributed by atoms with E-state index in [0.29, 0.717) is 55.5 Å². The van der Waals surface area contributed by atoms with Crippen LogP contribution in [0.15, 0.2) is 54.6 Å². The van der Waals surface area contributed by atoms with Gasteiger partial charge in [0.15, 0.2) is 11.5 Å². The van der Waals surface area contributed by atoms with Gasteiger partial charge in [0.05, 0.1) is 6.61 Å². The van der Waals surface area contributed by atoms with Gasteiger partial charge in [0.25, 0.3) is 11.8 Å². The molecule has 0 aliphatic carbocycles. The molecule has 0 spiro atoms. The zero-order chi connectivity index (χ0) is 27.3. The molecule has 0 bridgehead atoms. The highest BCUT2D eigenvalue weighted by atomic mass is 19.4. The summed E-state index contributed by atoms with van der Waals surface area (Å²) in [5, 5.41) is 9.39. The highest BCUT2D eigenvalue weighted by Gasteiger charge is 2.28. The zero-order valence-electron chi connectivity index (χ0n) is 20.5. The Bertz CT molecular complexity index is 1290. The molecular formula is C26H25F4N5O3. The minimum atomic E-state index is -4.52. The molecule has 1 fully saturated rings. The molecule has 0 radical (unpaired) electrons. The first-order valence-corrected chi connectivity index (χ1v) is 11.9. The summed E-state index contributed by atoms with van der Waals surface area (Å²) in [7, 11) is 0. The first-order valence-electron chi connectivity index (χ1n) is 11.9. The molecule has 1 saturated heterocycles. The number of rotatable bonds is 7. The Kier molecular flexibility index (Phi) is 8.08. The average molecular weight is 532 g/mol. The lowest BCUT2D eigenvalue weighted by Gasteiger charge is -2.35. The van der Waals surface area contributed by atoms with E-state index in [0.717, 1.165) is 0 Å². The summed E-state index contributed by atoms with van der Waals surface area (Å²) in [5.41, 5.74) is 1.00. The van der Waals surface area contributed by atoms with Crippen molar-refractivity contribution < 1.29 is 31.9 Å². The average Bonchev–Trinajstić information content (AvgIpc) is 2.91. The monoisotopic (exact) mass is 531 g/mol. The quantitative estimate of drug-likeness (QED) is 0.465. The van der Waals surface area contributed by atoms with Crippen molar-refractivity contribution in [2.45, 2.75) is 13.1 Å². The molecule has 1 aromatic heterocycles. The molecule has 2 amide bonds. The number of benzene rings is 2. The number of amides is 2. The molecule has 12 heteroatoms. The Morgan fingerprint density at radius 1 is 1.00 bits per heavy atom. The highest BCUT2D eigenvalue weighted by molar-refractivity contribution is 5.95. The molecule has 1 aliphatic heterocycles. The molecule has 8 nitrogen and oxygen atoms in total. The van der Waals surface area contributed by atoms with Crippen LogP contribution in [0, 0.1) is 5.82 Å². The van der Waals surface area contributed by atoms with Crippen molar-refractivity contribution in [1.29, 1.82) is 0 Å². The number of piperazine rings is 1. The topological polar surface area (TPSA) is 87.7 Å². The number of nitrogens with one attached hydrogen (secondary N) is 1. The number of hydrogen-bond acceptors (Lipinski definition) is 6. The SMILES string of the molecule is CCOc1cccc(-c2ccc(C(=O)N3CCN(c4ccc(C(=O)NCC(F)(F)F)nn4)CC3)cc2F)c1. The largest absolute Gasteiger partial charge is 0.494 e. The second-order valence-electron chi connectivity index (χ2n) is 8.51. The molecule has 200 valence electrons. The molecule has 2 heterocycles. The maximum atomic E-state index is 14.9. The van der Waals surface area contributed by atoms with Crippen LogP contribution in [-0.4, -0.2) is 72.4 Å². The predicted molar refractivity (Wildman–Crippen MR) is 132 cm³/mol. The number of carbonyl (C=O) groups excluding carboxylic acids is 2. The molecular weight excluding hydrogens is 506 g/mol. The van der Waals surface area contributed by atoms with Crippen molar-refractivity contribution >= 4 is 17.6 Å². The summed E-state index contributed by atoms with van der Waals surface area (Å²) in [6.07, 6.45) is -4.52. The zero-order valence-corrected chi connectivity index (χ0v) is 20.5. The van der Waals surface area contributed by atoms with Gasteiger partial charge in [-0.05, 0) is 48.9 Å². The maximum absolute atomic E-state index is 14.9. The van der Waals surface area contributed by atoms with Crippen LogP contribution >= 0.6 is 0 Å². The van der Waals surface area contributed by atoms with Crippen molar-refractivity contribution in [1.82, 2.24) is 20.4 Å². The van der Waals surface area contributed by atoms with Gasteiger partial charge in [-0.1, -0.05) is 18.2 Å². The summed E-state index contributed by atoms with van der Waals surface area (Å²) < 4.78 is 57.2. The van der Waals surface area contributed by atoms with E-state index in [9.17, 15) is 27.2 Å². The summed E-state index contributed by atoms with van der Waals surface area (Å²) >= 11 is 0. The number of aromatic nitrogens is 2. The third-order valence-electron chi connectivity index (χ3n) is 5.90. The van der Waals surface area contributed by atoms with Crippen LogP contribution in [-0.2, 0) is 0 Å². The molecule has 1 aliphatic rings. The van der Waals surface area contributed by atoms with E-state index in [1.165, 1.54) is 18.2 Å². The Labute approximate surface area is 216 Å². The first kappa shape index (κ1) is 26.8. The van der Waals surface area contributed by atoms with E-state index < -0.39 is 24.4 Å². The van der Waals surface area contributed by atoms with Gasteiger partial charge in [-0.25, -0.2) is 4.39 Å². The van der Waals surface area contributed by atoms with Gasteiger partial charge in [-0.2, -0.15) is 13.2 Å². The standard InChI is InChI=1S/C26H25F4N5O3/c1-2-38-19-5-3-4-17(14-19)20-7-6-18(15-21(20)27)25(37)35-12-10-34(11-13-35)23-9-8-22(32-33-23)24(36)31-16-26(28,29)30/h3-9,14-15H,2,10-13,16H2,1H3,(H,31,36). The number of carbonyl (C=O) groups is 2. The molecule has 0 saturated carbocycles. The Morgan fingerprint density at radius 2 is 1.76 bits per heavy atom. The smallest absolute Gasteiger partial charge is 0.405 e. The van der Waals surface area contributed by atoms with E-state index in [-0.39, 0.29) is 17.2 Å². The molecule has 2 aromatic carbocycles. The van der Waals surface area contributed by atoms with Gasteiger partial charge in [-0.15, -0.1) is 10.2 Å². The minimum Gasteiger partial charge on any atom is -0.494 e. The Hall–Kier alpha value is -4.22. The van der Waals surface area contributed by atoms with Crippen LogP contribution in [0.5, 0.6) is 5.75 Å². The summed E-state index contributed by atoms with van der Waals surface area (Å²) in [6, 6.07) is 14.3. The summed E-state index contributed by atoms with van der Waals surface area (Å²) in [4.78, 5) is 28.2. The lowest BCUT2D eigenvalue weighted by atomic mass is 10.0. The van der Waals surface area contributed by atoms with Crippen LogP contribution in [0.2, 0.25) is 0 Å². The number of halogens is 4. The summed E-state index contributed by atoms with van der Waals surface area (Å²) in [6.45, 7) is 2.40. The molecule has 0 atom stereocenters. The van der Waals surface area contributed by atoms with Crippen molar-refractivity contribution in [3.05, 3.63) is 71.7 Å². The van der Waals surface area contributed by atoms with Crippen molar-refractivity contribution in [2.24, 2.45) is 0 Å². The van der Waals surface area contributed by atoms with Crippen molar-refractivity contribution in [3.8, 4) is 16.9 Å². The van der Waals surface area contributed by atoms with Crippen molar-refractivity contribution in [3.63, 3.8) is 0 Å². The van der Waals surface area contributed by atoms with Gasteiger partial charge in [0.2, 0.25) is 0 Å². The van der Waals surface area contributed by atoms with Crippen LogP contribution < -0.4 is 15.0 Å². The number of hydrogen-bond donors (Lipinski definition) is 1. The number of nitrogens with zero attached hydrogens (tertiary/aromatic N) is 4. The highest BCUT2D eigenvalue weighted by Crippen LogP contribution is 2.27. The molecule has 4 rings (SSSR count). The Balaban J connectivity index is 1.35. The lowest BCUT2D eigenvalue weighted by Crippen LogP contribution is -2.49. The molecule has 38 heavy (non-hydrogen) atoms. The van der Waals surface area contributed by atoms with Crippen LogP contribution in [0.25, 0.3) is 11.1 Å². The fourth-order valence-electron chi connectivity index (χ4n) is 4.01. The van der Waals surface area contributed by atoms with Gasteiger partial charge in [0.1, 0.15) is 18.1 Å². The predicted octanol–water partition coefficient (Wildman–Crippen LogP) is 3.94. The van der Waals surface area contributed by atoms with Crippen molar-refractivity contribution in [2.75, 3.05) is 44.2 Å². The van der Waals surface area contributed by atoms with E-state index in [1.54, 1.807) is 46.6 Å². The van der Waals surface area contributed by atoms with Crippen LogP contribution in [0.3, 0.4) is 0 Å². The second-order valence-corrected chi connectivity index (χ2v) is 8.51. The van der Waals surface area contributed by atoms with E-state index in [4.69, 9.17) is 4.74 Å². The van der Waals surface area contributed by atoms with Gasteiger partial charge in [-0.3, -0.25) is 9.59 Å². The molecule has 3 aromatic rings. The second kappa shape index (κ2) is 11.4. The maximum Gasteiger partial charge on any atom is 0.405 e. The third kappa shape index (κ3) is 6.55. The summed E-state index contributed by atoms with van der Waals surface area (Å²) in [5.74, 6) is -0.739. The molecule has 0 unspecified atom stereocenters. The van der Waals surface area contributed by atoms with Crippen LogP contribution in [0.1, 0.15) is 27.8 Å². The van der Waals surface area contributed by atoms with Crippen LogP contribution in [0.4, 0.5) is 23.4 Å². The van der Waals surface area contributed by atoms with E-state index >= 15 is 0 Å². The van der Waals surface area contributed by atoms with E-state index in [1.807, 2.05) is 11.8 Å². The minimum absolute atomic E-state index is 0.231. The molecule has 1 N–H and O–H groups in total. The van der Waals surface area contributed by atoms with E-state index in [2.05, 4.69) is 10.2 Å². The normalized spacial score (nSPS) is 13.8. The van der Waals surface area contributed by atoms with Gasteiger partial charge in [0, 0.05) is 37.3 Å². The van der Waals surface area contributed by atoms with Gasteiger partial charge >= 0.3 is 6.18 Å². The fourth-order valence-corrected chi connectivity index (χ4v) is 4.01. The van der Waals surface area contributed by atoms with Gasteiger partial charge < -0.3 is 19.9 Å². The first-order chi connectivity index (χ1) is 18.1. The third-order valence-corrected chi connectivity index (χ3v) is 5.90. The number of anilines is 1. The number of ether oxygens (including phenoxy) is 1.